The summed E-state index contributed by atoms with van der Waals surface area (Å²) in [6.45, 7) is 0.756. The highest BCUT2D eigenvalue weighted by Gasteiger charge is 2.17. The lowest BCUT2D eigenvalue weighted by Crippen LogP contribution is -2.19. The first-order chi connectivity index (χ1) is 8.35. The molecule has 0 bridgehead atoms. The molecule has 0 saturated carbocycles. The van der Waals surface area contributed by atoms with Crippen LogP contribution in [0.15, 0.2) is 24.3 Å². The van der Waals surface area contributed by atoms with Crippen molar-refractivity contribution in [3.8, 4) is 5.75 Å². The van der Waals surface area contributed by atoms with E-state index in [9.17, 15) is 0 Å². The molecule has 0 radical (unpaired) electrons. The summed E-state index contributed by atoms with van der Waals surface area (Å²) in [5.74, 6) is 1.61. The van der Waals surface area contributed by atoms with Gasteiger partial charge in [0.25, 0.3) is 0 Å². The van der Waals surface area contributed by atoms with E-state index in [2.05, 4.69) is 25.9 Å². The molecule has 0 saturated heterocycles. The Morgan fingerprint density at radius 1 is 1.35 bits per heavy atom. The summed E-state index contributed by atoms with van der Waals surface area (Å²) < 4.78 is 5.13. The Kier molecular flexibility index (Phi) is 3.66. The predicted octanol–water partition coefficient (Wildman–Crippen LogP) is 0.560. The zero-order chi connectivity index (χ0) is 12.1. The van der Waals surface area contributed by atoms with Crippen LogP contribution < -0.4 is 10.1 Å². The van der Waals surface area contributed by atoms with Crippen molar-refractivity contribution in [2.45, 2.75) is 5.92 Å². The number of nitrogens with zero attached hydrogens (tertiary/aromatic N) is 3. The normalized spacial score (nSPS) is 12.4. The first kappa shape index (κ1) is 11.5. The van der Waals surface area contributed by atoms with Gasteiger partial charge in [0.15, 0.2) is 5.82 Å². The second-order valence-corrected chi connectivity index (χ2v) is 3.65. The van der Waals surface area contributed by atoms with Crippen molar-refractivity contribution in [2.24, 2.45) is 0 Å². The van der Waals surface area contributed by atoms with E-state index in [1.165, 1.54) is 0 Å². The van der Waals surface area contributed by atoms with Crippen molar-refractivity contribution in [1.29, 1.82) is 0 Å². The van der Waals surface area contributed by atoms with Crippen molar-refractivity contribution in [3.63, 3.8) is 0 Å². The van der Waals surface area contributed by atoms with Crippen LogP contribution in [0.4, 0.5) is 0 Å². The smallest absolute Gasteiger partial charge is 0.183 e. The Hall–Kier alpha value is -1.95. The largest absolute Gasteiger partial charge is 0.497 e. The second kappa shape index (κ2) is 5.40. The molecule has 2 rings (SSSR count). The molecular formula is C11H15N5O. The van der Waals surface area contributed by atoms with Crippen LogP contribution in [-0.2, 0) is 0 Å². The highest BCUT2D eigenvalue weighted by atomic mass is 16.5. The molecule has 2 aromatic rings. The number of hydrogen-bond donors (Lipinski definition) is 2. The van der Waals surface area contributed by atoms with Crippen LogP contribution in [0.3, 0.4) is 0 Å². The van der Waals surface area contributed by atoms with E-state index in [-0.39, 0.29) is 5.92 Å². The summed E-state index contributed by atoms with van der Waals surface area (Å²) in [4.78, 5) is 0. The van der Waals surface area contributed by atoms with E-state index >= 15 is 0 Å². The van der Waals surface area contributed by atoms with Crippen LogP contribution in [0.1, 0.15) is 17.3 Å². The Bertz CT molecular complexity index is 439. The molecule has 6 nitrogen and oxygen atoms in total. The molecule has 90 valence electrons. The number of tetrazole rings is 1. The minimum absolute atomic E-state index is 0.0876. The fourth-order valence-corrected chi connectivity index (χ4v) is 1.72. The fraction of sp³-hybridized carbons (Fsp3) is 0.364. The molecule has 0 aliphatic carbocycles. The van der Waals surface area contributed by atoms with Gasteiger partial charge in [-0.2, -0.15) is 5.21 Å². The van der Waals surface area contributed by atoms with Crippen molar-refractivity contribution < 1.29 is 4.74 Å². The third-order valence-electron chi connectivity index (χ3n) is 2.60. The molecule has 0 spiro atoms. The average Bonchev–Trinajstić information content (AvgIpc) is 2.90. The molecule has 0 amide bonds. The van der Waals surface area contributed by atoms with Gasteiger partial charge < -0.3 is 10.1 Å². The van der Waals surface area contributed by atoms with Gasteiger partial charge in [-0.3, -0.25) is 0 Å². The second-order valence-electron chi connectivity index (χ2n) is 3.65. The molecule has 1 aromatic heterocycles. The van der Waals surface area contributed by atoms with E-state index in [0.29, 0.717) is 5.82 Å². The van der Waals surface area contributed by atoms with Gasteiger partial charge in [-0.05, 0) is 24.7 Å². The van der Waals surface area contributed by atoms with Crippen molar-refractivity contribution in [3.05, 3.63) is 35.7 Å². The number of ether oxygens (including phenoxy) is 1. The molecule has 1 heterocycles. The van der Waals surface area contributed by atoms with E-state index < -0.39 is 0 Å². The molecule has 1 atom stereocenters. The number of methoxy groups -OCH3 is 1. The van der Waals surface area contributed by atoms with Gasteiger partial charge in [0.05, 0.1) is 13.0 Å². The van der Waals surface area contributed by atoms with Gasteiger partial charge >= 0.3 is 0 Å². The van der Waals surface area contributed by atoms with Crippen LogP contribution in [0.25, 0.3) is 0 Å². The Labute approximate surface area is 99.4 Å². The summed E-state index contributed by atoms with van der Waals surface area (Å²) in [7, 11) is 3.55. The highest BCUT2D eigenvalue weighted by Crippen LogP contribution is 2.22. The molecule has 0 fully saturated rings. The predicted molar refractivity (Wildman–Crippen MR) is 62.9 cm³/mol. The van der Waals surface area contributed by atoms with E-state index in [4.69, 9.17) is 4.74 Å². The maximum absolute atomic E-state index is 5.13. The molecular weight excluding hydrogens is 218 g/mol. The third-order valence-corrected chi connectivity index (χ3v) is 2.60. The molecule has 6 heteroatoms. The van der Waals surface area contributed by atoms with Crippen LogP contribution in [0, 0.1) is 0 Å². The number of aromatic amines is 1. The van der Waals surface area contributed by atoms with Gasteiger partial charge in [0.2, 0.25) is 0 Å². The monoisotopic (exact) mass is 233 g/mol. The maximum atomic E-state index is 5.13. The molecule has 1 aromatic carbocycles. The van der Waals surface area contributed by atoms with Crippen LogP contribution in [0.5, 0.6) is 5.75 Å². The first-order valence-corrected chi connectivity index (χ1v) is 5.37. The number of nitrogens with one attached hydrogen (secondary N) is 2. The minimum Gasteiger partial charge on any atom is -0.497 e. The Morgan fingerprint density at radius 3 is 2.65 bits per heavy atom. The number of rotatable bonds is 5. The first-order valence-electron chi connectivity index (χ1n) is 5.37. The summed E-state index contributed by atoms with van der Waals surface area (Å²) in [5.41, 5.74) is 1.13. The highest BCUT2D eigenvalue weighted by molar-refractivity contribution is 5.32. The van der Waals surface area contributed by atoms with Gasteiger partial charge in [0, 0.05) is 6.54 Å². The number of H-pyrrole nitrogens is 1. The Balaban J connectivity index is 2.26. The van der Waals surface area contributed by atoms with Crippen LogP contribution in [-0.4, -0.2) is 41.3 Å². The van der Waals surface area contributed by atoms with E-state index in [0.717, 1.165) is 17.9 Å². The standard InChI is InChI=1S/C11H15N5O/c1-12-7-10(11-13-15-16-14-11)8-3-5-9(17-2)6-4-8/h3-6,10,12H,7H2,1-2H3,(H,13,14,15,16). The lowest BCUT2D eigenvalue weighted by Gasteiger charge is -2.13. The average molecular weight is 233 g/mol. The lowest BCUT2D eigenvalue weighted by atomic mass is 9.98. The van der Waals surface area contributed by atoms with Crippen LogP contribution >= 0.6 is 0 Å². The van der Waals surface area contributed by atoms with Gasteiger partial charge in [-0.25, -0.2) is 0 Å². The Morgan fingerprint density at radius 2 is 2.12 bits per heavy atom. The lowest BCUT2D eigenvalue weighted by molar-refractivity contribution is 0.414. The third kappa shape index (κ3) is 2.59. The number of benzene rings is 1. The fourth-order valence-electron chi connectivity index (χ4n) is 1.72. The number of hydrogen-bond acceptors (Lipinski definition) is 5. The zero-order valence-electron chi connectivity index (χ0n) is 9.84. The van der Waals surface area contributed by atoms with Crippen LogP contribution in [0.2, 0.25) is 0 Å². The quantitative estimate of drug-likeness (QED) is 0.789. The summed E-state index contributed by atoms with van der Waals surface area (Å²) in [6, 6.07) is 7.88. The van der Waals surface area contributed by atoms with Gasteiger partial charge in [-0.1, -0.05) is 17.3 Å². The van der Waals surface area contributed by atoms with Crippen molar-refractivity contribution in [1.82, 2.24) is 25.9 Å². The topological polar surface area (TPSA) is 75.7 Å². The van der Waals surface area contributed by atoms with Crippen molar-refractivity contribution in [2.75, 3.05) is 20.7 Å². The summed E-state index contributed by atoms with van der Waals surface area (Å²) >= 11 is 0. The number of aromatic nitrogens is 4. The SMILES string of the molecule is CNCC(c1ccc(OC)cc1)c1nn[nH]n1. The van der Waals surface area contributed by atoms with Crippen molar-refractivity contribution >= 4 is 0 Å². The van der Waals surface area contributed by atoms with E-state index in [1.807, 2.05) is 31.3 Å². The zero-order valence-corrected chi connectivity index (χ0v) is 9.84. The molecule has 17 heavy (non-hydrogen) atoms. The van der Waals surface area contributed by atoms with Gasteiger partial charge in [-0.15, -0.1) is 10.2 Å². The molecule has 0 aliphatic rings. The molecule has 1 unspecified atom stereocenters. The maximum Gasteiger partial charge on any atom is 0.183 e. The van der Waals surface area contributed by atoms with E-state index in [1.54, 1.807) is 7.11 Å². The molecule has 2 N–H and O–H groups in total. The number of likely N-dealkylation sites (N-methyl/N-ethyl adjacent to an activating group) is 1. The van der Waals surface area contributed by atoms with Gasteiger partial charge in [0.1, 0.15) is 5.75 Å². The summed E-state index contributed by atoms with van der Waals surface area (Å²) in [5, 5.41) is 17.3. The summed E-state index contributed by atoms with van der Waals surface area (Å²) in [6.07, 6.45) is 0. The minimum atomic E-state index is 0.0876. The molecule has 0 aliphatic heterocycles.